The van der Waals surface area contributed by atoms with E-state index < -0.39 is 176 Å². The molecule has 8 aliphatic rings. The van der Waals surface area contributed by atoms with Gasteiger partial charge in [-0.05, 0) is 41.5 Å². The van der Waals surface area contributed by atoms with Crippen LogP contribution < -0.4 is 0 Å². The van der Waals surface area contributed by atoms with Gasteiger partial charge in [0.1, 0.15) is 68.7 Å². The molecule has 80 heavy (non-hydrogen) atoms. The maximum absolute atomic E-state index is 11.7. The highest BCUT2D eigenvalue weighted by molar-refractivity contribution is 5.70. The van der Waals surface area contributed by atoms with Crippen LogP contribution in [0.3, 0.4) is 0 Å². The smallest absolute Gasteiger partial charge is 0.305 e. The van der Waals surface area contributed by atoms with Gasteiger partial charge in [0.2, 0.25) is 23.6 Å². The first-order valence-electron chi connectivity index (χ1n) is 25.2. The van der Waals surface area contributed by atoms with E-state index in [0.29, 0.717) is 6.61 Å². The Balaban J connectivity index is 0.000000202. The van der Waals surface area contributed by atoms with Gasteiger partial charge in [0.25, 0.3) is 0 Å². The summed E-state index contributed by atoms with van der Waals surface area (Å²) >= 11 is 0. The lowest BCUT2D eigenvalue weighted by Gasteiger charge is -2.36. The molecule has 0 amide bonds. The van der Waals surface area contributed by atoms with Crippen LogP contribution in [0.1, 0.15) is 96.9 Å². The molecule has 8 aliphatic heterocycles. The summed E-state index contributed by atoms with van der Waals surface area (Å²) in [6, 6.07) is 0. The second-order valence-electron chi connectivity index (χ2n) is 20.8. The maximum Gasteiger partial charge on any atom is 0.305 e. The first kappa shape index (κ1) is 66.0. The molecule has 0 radical (unpaired) electrons. The van der Waals surface area contributed by atoms with Crippen molar-refractivity contribution in [3.8, 4) is 0 Å². The first-order valence-corrected chi connectivity index (χ1v) is 25.2. The number of aliphatic hydroxyl groups is 4. The van der Waals surface area contributed by atoms with Crippen molar-refractivity contribution in [2.75, 3.05) is 52.9 Å². The molecule has 0 aliphatic carbocycles. The number of fused-ring (bicyclic) bond motifs is 4. The van der Waals surface area contributed by atoms with Crippen molar-refractivity contribution in [3.63, 3.8) is 0 Å². The van der Waals surface area contributed by atoms with Gasteiger partial charge in [0.05, 0.1) is 26.4 Å². The van der Waals surface area contributed by atoms with E-state index in [2.05, 4.69) is 0 Å². The zero-order chi connectivity index (χ0) is 60.1. The van der Waals surface area contributed by atoms with Crippen molar-refractivity contribution in [1.82, 2.24) is 0 Å². The molecule has 1 spiro atoms. The van der Waals surface area contributed by atoms with Crippen LogP contribution in [-0.2, 0) is 128 Å². The Bertz CT molecular complexity index is 2250. The molecule has 31 nitrogen and oxygen atoms in total. The lowest BCUT2D eigenvalue weighted by Crippen LogP contribution is -2.58. The molecule has 8 rings (SSSR count). The number of epoxide rings is 1. The van der Waals surface area contributed by atoms with Crippen LogP contribution >= 0.6 is 0 Å². The van der Waals surface area contributed by atoms with Crippen LogP contribution in [0.5, 0.6) is 0 Å². The third kappa shape index (κ3) is 15.4. The molecule has 8 fully saturated rings. The number of carbonyl (C=O) groups is 8. The fraction of sp³-hybridized carbons (Fsp3) is 0.837. The summed E-state index contributed by atoms with van der Waals surface area (Å²) in [6.45, 7) is 17.7. The maximum atomic E-state index is 11.7. The molecule has 0 aromatic heterocycles. The predicted molar refractivity (Wildman–Crippen MR) is 252 cm³/mol. The van der Waals surface area contributed by atoms with Crippen LogP contribution in [0.4, 0.5) is 0 Å². The average Bonchev–Trinajstić information content (AvgIpc) is 3.56. The molecule has 0 saturated carbocycles. The molecule has 456 valence electrons. The van der Waals surface area contributed by atoms with E-state index in [9.17, 15) is 43.5 Å². The van der Waals surface area contributed by atoms with E-state index in [-0.39, 0.29) is 32.0 Å². The highest BCUT2D eigenvalue weighted by atomic mass is 16.9. The van der Waals surface area contributed by atoms with E-state index >= 15 is 0 Å². The van der Waals surface area contributed by atoms with Crippen LogP contribution in [0.25, 0.3) is 0 Å². The summed E-state index contributed by atoms with van der Waals surface area (Å²) in [5.74, 6) is -7.91. The van der Waals surface area contributed by atoms with Gasteiger partial charge >= 0.3 is 47.8 Å². The van der Waals surface area contributed by atoms with Crippen molar-refractivity contribution in [2.24, 2.45) is 0 Å². The van der Waals surface area contributed by atoms with Crippen molar-refractivity contribution in [3.05, 3.63) is 0 Å². The van der Waals surface area contributed by atoms with Crippen molar-refractivity contribution in [1.29, 1.82) is 0 Å². The number of rotatable bonds is 15. The third-order valence-corrected chi connectivity index (χ3v) is 12.9. The van der Waals surface area contributed by atoms with Gasteiger partial charge in [-0.15, -0.1) is 0 Å². The molecular formula is C49H74O31. The monoisotopic (exact) mass is 1160 g/mol. The van der Waals surface area contributed by atoms with E-state index in [0.717, 1.165) is 34.6 Å². The fourth-order valence-electron chi connectivity index (χ4n) is 9.61. The van der Waals surface area contributed by atoms with Crippen LogP contribution in [0.2, 0.25) is 0 Å². The zero-order valence-electron chi connectivity index (χ0n) is 46.9. The molecular weight excluding hydrogens is 1080 g/mol. The minimum absolute atomic E-state index is 0.0554. The van der Waals surface area contributed by atoms with E-state index in [1.807, 2.05) is 13.8 Å². The Kier molecular flexibility index (Phi) is 21.2. The van der Waals surface area contributed by atoms with Gasteiger partial charge in [0.15, 0.2) is 47.9 Å². The quantitative estimate of drug-likeness (QED) is 0.0792. The second kappa shape index (κ2) is 25.7. The Hall–Kier alpha value is -4.84. The largest absolute Gasteiger partial charge is 0.463 e. The Morgan fingerprint density at radius 1 is 0.450 bits per heavy atom. The number of hydrogen-bond donors (Lipinski definition) is 4. The topological polar surface area (TPSA) is 396 Å². The Morgan fingerprint density at radius 3 is 1.26 bits per heavy atom. The van der Waals surface area contributed by atoms with Crippen molar-refractivity contribution < 1.29 is 149 Å². The average molecular weight is 1160 g/mol. The molecule has 0 bridgehead atoms. The fourth-order valence-corrected chi connectivity index (χ4v) is 9.61. The molecule has 16 atom stereocenters. The van der Waals surface area contributed by atoms with E-state index in [1.54, 1.807) is 27.7 Å². The molecule has 4 N–H and O–H groups in total. The van der Waals surface area contributed by atoms with Gasteiger partial charge < -0.3 is 110 Å². The summed E-state index contributed by atoms with van der Waals surface area (Å²) in [4.78, 5) is 91.2. The Labute approximate surface area is 459 Å². The van der Waals surface area contributed by atoms with Gasteiger partial charge in [-0.3, -0.25) is 38.4 Å². The lowest BCUT2D eigenvalue weighted by molar-refractivity contribution is -0.246. The molecule has 8 heterocycles. The first-order chi connectivity index (χ1) is 37.0. The third-order valence-electron chi connectivity index (χ3n) is 12.9. The molecule has 8 saturated heterocycles. The highest BCUT2D eigenvalue weighted by Gasteiger charge is 2.72. The summed E-state index contributed by atoms with van der Waals surface area (Å²) in [6.07, 6.45) is -10.1. The predicted octanol–water partition coefficient (Wildman–Crippen LogP) is -1.87. The van der Waals surface area contributed by atoms with Crippen LogP contribution in [0, 0.1) is 0 Å². The molecule has 0 aromatic carbocycles. The normalized spacial score (nSPS) is 37.5. The summed E-state index contributed by atoms with van der Waals surface area (Å²) in [5, 5.41) is 37.4. The minimum atomic E-state index is -1.90. The summed E-state index contributed by atoms with van der Waals surface area (Å²) < 4.78 is 102. The molecule has 31 heteroatoms. The van der Waals surface area contributed by atoms with Gasteiger partial charge in [-0.1, -0.05) is 0 Å². The van der Waals surface area contributed by atoms with Gasteiger partial charge in [0, 0.05) is 55.4 Å². The standard InChI is InChI=1S/C16H22O11.C15H22O9.C9H16O6.C9H14O5/c1-8(17)22-6-13-16(27-12(5)21,7-23-9(2)18)14(24-10(3)19)15(26-13)25-11(4)20;1-8(16)19-6-11-15(22-10(3)18,7-20-9(2)17)12-13(21-11)24-14(4,5)23-12;1-8(2)14-6-7(15-8)13-5(3-10)9(6,12)4-11;1-8(2)13-6-7(14-8)12-5(3-10)9(6)4-11-9/h13-15H,6-7H2,1-5H3;11-13H,6-7H2,1-5H3;5-7,10-12H,3-4H2,1-2H3;5-7,10H,3-4H2,1-2H3/t13-,14+,15?,16+;11-,12+,13?,15+;2*5-,6+,7?,9+/m1111/s1. The van der Waals surface area contributed by atoms with Gasteiger partial charge in [-0.2, -0.15) is 0 Å². The zero-order valence-corrected chi connectivity index (χ0v) is 46.9. The lowest BCUT2D eigenvalue weighted by atomic mass is 9.92. The number of ether oxygens (including phenoxy) is 19. The van der Waals surface area contributed by atoms with Crippen molar-refractivity contribution >= 4 is 47.8 Å². The van der Waals surface area contributed by atoms with Crippen LogP contribution in [-0.4, -0.2) is 235 Å². The molecule has 0 aromatic rings. The van der Waals surface area contributed by atoms with E-state index in [4.69, 9.17) is 105 Å². The van der Waals surface area contributed by atoms with Crippen molar-refractivity contribution in [2.45, 2.75) is 211 Å². The Morgan fingerprint density at radius 2 is 0.838 bits per heavy atom. The molecule has 4 unspecified atom stereocenters. The number of esters is 8. The number of carbonyl (C=O) groups excluding carboxylic acids is 8. The van der Waals surface area contributed by atoms with Crippen LogP contribution in [0.15, 0.2) is 0 Å². The van der Waals surface area contributed by atoms with E-state index in [1.165, 1.54) is 20.8 Å². The summed E-state index contributed by atoms with van der Waals surface area (Å²) in [5.41, 5.74) is -5.44. The van der Waals surface area contributed by atoms with Gasteiger partial charge in [-0.25, -0.2) is 0 Å². The highest BCUT2D eigenvalue weighted by Crippen LogP contribution is 2.51. The number of aliphatic hydroxyl groups excluding tert-OH is 3. The minimum Gasteiger partial charge on any atom is -0.463 e. The number of hydrogen-bond acceptors (Lipinski definition) is 31. The summed E-state index contributed by atoms with van der Waals surface area (Å²) in [7, 11) is 0. The SMILES string of the molecule is CC(=O)OC[C@H]1OC(OC(C)=O)[C@H](OC(C)=O)[C@@]1(COC(C)=O)OC(C)=O.CC(=O)OC[C@H]1OC2OC(C)(C)O[C@@H]2[C@@]1(COC(C)=O)OC(C)=O.CC1(C)OC2O[C@H](CO)[C@@](O)(CO)[C@H]2O1.CC1(C)OC2O[C@H](CO)[C@@]3(CO3)[C@H]2O1. The second-order valence-corrected chi connectivity index (χ2v) is 20.8.